The molecule has 8 nitrogen and oxygen atoms in total. The highest BCUT2D eigenvalue weighted by molar-refractivity contribution is 7.90. The van der Waals surface area contributed by atoms with Crippen molar-refractivity contribution in [1.82, 2.24) is 10.0 Å². The topological polar surface area (TPSA) is 114 Å². The van der Waals surface area contributed by atoms with Gasteiger partial charge in [-0.2, -0.15) is 0 Å². The maximum absolute atomic E-state index is 12.0. The van der Waals surface area contributed by atoms with Crippen LogP contribution in [0.5, 0.6) is 0 Å². The first-order valence-corrected chi connectivity index (χ1v) is 11.0. The highest BCUT2D eigenvalue weighted by atomic mass is 32.2. The van der Waals surface area contributed by atoms with Crippen LogP contribution in [0.4, 0.5) is 0 Å². The van der Waals surface area contributed by atoms with Crippen LogP contribution in [-0.2, 0) is 24.3 Å². The van der Waals surface area contributed by atoms with Gasteiger partial charge in [0.05, 0.1) is 17.9 Å². The molecule has 0 spiro atoms. The number of nitrogens with zero attached hydrogens (tertiary/aromatic N) is 1. The summed E-state index contributed by atoms with van der Waals surface area (Å²) in [6.45, 7) is 1.87. The lowest BCUT2D eigenvalue weighted by Gasteiger charge is -2.29. The molecule has 9 heteroatoms. The second kappa shape index (κ2) is 8.72. The van der Waals surface area contributed by atoms with E-state index in [2.05, 4.69) is 22.0 Å². The summed E-state index contributed by atoms with van der Waals surface area (Å²) >= 11 is 0. The Kier molecular flexibility index (Phi) is 6.33. The van der Waals surface area contributed by atoms with Crippen molar-refractivity contribution in [2.24, 2.45) is 10.9 Å². The zero-order chi connectivity index (χ0) is 20.1. The molecule has 0 unspecified atom stereocenters. The van der Waals surface area contributed by atoms with Gasteiger partial charge in [0.2, 0.25) is 0 Å². The fourth-order valence-electron chi connectivity index (χ4n) is 3.51. The van der Waals surface area contributed by atoms with Crippen molar-refractivity contribution in [2.75, 3.05) is 13.2 Å². The molecule has 1 aromatic rings. The van der Waals surface area contributed by atoms with E-state index in [1.165, 1.54) is 12.5 Å². The zero-order valence-electron chi connectivity index (χ0n) is 15.8. The highest BCUT2D eigenvalue weighted by Gasteiger charge is 2.30. The number of carbonyl (C=O) groups excluding carboxylic acids is 2. The van der Waals surface area contributed by atoms with E-state index >= 15 is 0 Å². The average Bonchev–Trinajstić information content (AvgIpc) is 2.93. The Bertz CT molecular complexity index is 881. The summed E-state index contributed by atoms with van der Waals surface area (Å²) in [5.41, 5.74) is 0.483. The van der Waals surface area contributed by atoms with Crippen molar-refractivity contribution in [3.8, 4) is 0 Å². The lowest BCUT2D eigenvalue weighted by atomic mass is 9.86. The Morgan fingerprint density at radius 3 is 2.79 bits per heavy atom. The molecule has 0 saturated heterocycles. The molecule has 1 heterocycles. The normalized spacial score (nSPS) is 24.2. The van der Waals surface area contributed by atoms with Crippen LogP contribution in [0.1, 0.15) is 44.6 Å². The minimum atomic E-state index is -3.60. The maximum atomic E-state index is 12.0. The number of aliphatic imine (C=N–C) groups is 1. The van der Waals surface area contributed by atoms with E-state index < -0.39 is 16.0 Å². The quantitative estimate of drug-likeness (QED) is 0.691. The van der Waals surface area contributed by atoms with Crippen LogP contribution in [0.2, 0.25) is 0 Å². The predicted molar refractivity (Wildman–Crippen MR) is 103 cm³/mol. The molecule has 3 rings (SSSR count). The molecule has 1 aromatic carbocycles. The fraction of sp³-hybridized carbons (Fsp3) is 0.526. The van der Waals surface area contributed by atoms with Gasteiger partial charge < -0.3 is 10.1 Å². The smallest absolute Gasteiger partial charge is 0.308 e. The average molecular weight is 407 g/mol. The molecule has 1 aliphatic carbocycles. The maximum Gasteiger partial charge on any atom is 0.308 e. The van der Waals surface area contributed by atoms with E-state index in [0.29, 0.717) is 11.5 Å². The highest BCUT2D eigenvalue weighted by Crippen LogP contribution is 2.24. The van der Waals surface area contributed by atoms with Crippen LogP contribution in [0.25, 0.3) is 0 Å². The summed E-state index contributed by atoms with van der Waals surface area (Å²) in [4.78, 5) is 28.1. The lowest BCUT2D eigenvalue weighted by molar-refractivity contribution is -0.148. The van der Waals surface area contributed by atoms with Crippen LogP contribution >= 0.6 is 0 Å². The molecular formula is C19H25N3O5S. The summed E-state index contributed by atoms with van der Waals surface area (Å²) in [7, 11) is -3.60. The summed E-state index contributed by atoms with van der Waals surface area (Å²) in [5, 5.41) is 2.92. The molecule has 2 aliphatic rings. The third kappa shape index (κ3) is 4.89. The molecule has 0 radical (unpaired) electrons. The van der Waals surface area contributed by atoms with E-state index in [0.717, 1.165) is 19.3 Å². The summed E-state index contributed by atoms with van der Waals surface area (Å²) in [6, 6.07) is 6.65. The van der Waals surface area contributed by atoms with E-state index in [1.54, 1.807) is 18.2 Å². The molecule has 1 fully saturated rings. The SMILES string of the molecule is C[C@@H]1CCCC[C@H]1NC(=O)COC(=O)CCN=C1NS(=O)(=O)c2ccccc21. The van der Waals surface area contributed by atoms with Gasteiger partial charge in [-0.05, 0) is 30.9 Å². The molecular weight excluding hydrogens is 382 g/mol. The van der Waals surface area contributed by atoms with E-state index in [1.807, 2.05) is 0 Å². The first kappa shape index (κ1) is 20.3. The molecule has 1 aliphatic heterocycles. The minimum absolute atomic E-state index is 0.0412. The van der Waals surface area contributed by atoms with Gasteiger partial charge in [-0.1, -0.05) is 31.9 Å². The second-order valence-electron chi connectivity index (χ2n) is 7.18. The van der Waals surface area contributed by atoms with Crippen LogP contribution in [0.3, 0.4) is 0 Å². The van der Waals surface area contributed by atoms with Crippen molar-refractivity contribution in [2.45, 2.75) is 50.0 Å². The van der Waals surface area contributed by atoms with Crippen molar-refractivity contribution >= 4 is 27.7 Å². The van der Waals surface area contributed by atoms with E-state index in [4.69, 9.17) is 4.74 Å². The van der Waals surface area contributed by atoms with Gasteiger partial charge in [-0.3, -0.25) is 19.3 Å². The number of rotatable bonds is 6. The van der Waals surface area contributed by atoms with Crippen molar-refractivity contribution in [3.05, 3.63) is 29.8 Å². The number of benzene rings is 1. The molecule has 1 saturated carbocycles. The Balaban J connectivity index is 1.44. The number of ether oxygens (including phenoxy) is 1. The van der Waals surface area contributed by atoms with Crippen molar-refractivity contribution in [1.29, 1.82) is 0 Å². The monoisotopic (exact) mass is 407 g/mol. The first-order valence-electron chi connectivity index (χ1n) is 9.48. The van der Waals surface area contributed by atoms with Crippen LogP contribution in [-0.4, -0.2) is 45.3 Å². The minimum Gasteiger partial charge on any atom is -0.456 e. The van der Waals surface area contributed by atoms with Crippen molar-refractivity contribution in [3.63, 3.8) is 0 Å². The van der Waals surface area contributed by atoms with E-state index in [-0.39, 0.29) is 42.3 Å². The Morgan fingerprint density at radius 2 is 2.00 bits per heavy atom. The number of carbonyl (C=O) groups is 2. The van der Waals surface area contributed by atoms with Gasteiger partial charge in [0.1, 0.15) is 5.84 Å². The number of amides is 1. The summed E-state index contributed by atoms with van der Waals surface area (Å²) < 4.78 is 31.4. The van der Waals surface area contributed by atoms with Crippen LogP contribution < -0.4 is 10.0 Å². The molecule has 2 N–H and O–H groups in total. The van der Waals surface area contributed by atoms with Crippen molar-refractivity contribution < 1.29 is 22.7 Å². The summed E-state index contributed by atoms with van der Waals surface area (Å²) in [5.74, 6) is -0.198. The van der Waals surface area contributed by atoms with E-state index in [9.17, 15) is 18.0 Å². The number of sulfonamides is 1. The molecule has 28 heavy (non-hydrogen) atoms. The Labute approximate surface area is 164 Å². The number of esters is 1. The number of nitrogens with one attached hydrogen (secondary N) is 2. The number of hydrogen-bond donors (Lipinski definition) is 2. The predicted octanol–water partition coefficient (Wildman–Crippen LogP) is 1.35. The van der Waals surface area contributed by atoms with Gasteiger partial charge in [0.15, 0.2) is 6.61 Å². The van der Waals surface area contributed by atoms with Gasteiger partial charge in [0.25, 0.3) is 15.9 Å². The molecule has 152 valence electrons. The first-order chi connectivity index (χ1) is 13.4. The molecule has 0 bridgehead atoms. The third-order valence-electron chi connectivity index (χ3n) is 5.07. The largest absolute Gasteiger partial charge is 0.456 e. The standard InChI is InChI=1S/C19H25N3O5S/c1-13-6-2-4-8-15(13)21-17(23)12-27-18(24)10-11-20-19-14-7-3-5-9-16(14)28(25,26)22-19/h3,5,7,9,13,15H,2,4,6,8,10-12H2,1H3,(H,20,22)(H,21,23)/t13-,15-/m1/s1. The molecule has 2 atom stereocenters. The number of fused-ring (bicyclic) bond motifs is 1. The zero-order valence-corrected chi connectivity index (χ0v) is 16.6. The second-order valence-corrected chi connectivity index (χ2v) is 8.83. The Hall–Kier alpha value is -2.42. The lowest BCUT2D eigenvalue weighted by Crippen LogP contribution is -2.42. The fourth-order valence-corrected chi connectivity index (χ4v) is 4.76. The number of amidine groups is 1. The third-order valence-corrected chi connectivity index (χ3v) is 6.47. The molecule has 0 aromatic heterocycles. The van der Waals surface area contributed by atoms with Crippen LogP contribution in [0.15, 0.2) is 34.2 Å². The Morgan fingerprint density at radius 1 is 1.25 bits per heavy atom. The van der Waals surface area contributed by atoms with Gasteiger partial charge in [-0.25, -0.2) is 8.42 Å². The molecule has 1 amide bonds. The van der Waals surface area contributed by atoms with Crippen LogP contribution in [0, 0.1) is 5.92 Å². The van der Waals surface area contributed by atoms with Gasteiger partial charge in [-0.15, -0.1) is 0 Å². The number of hydrogen-bond acceptors (Lipinski definition) is 6. The van der Waals surface area contributed by atoms with Gasteiger partial charge >= 0.3 is 5.97 Å². The summed E-state index contributed by atoms with van der Waals surface area (Å²) in [6.07, 6.45) is 4.29. The van der Waals surface area contributed by atoms with Gasteiger partial charge in [0, 0.05) is 11.6 Å².